The van der Waals surface area contributed by atoms with Crippen molar-refractivity contribution >= 4 is 52.3 Å². The lowest BCUT2D eigenvalue weighted by Crippen LogP contribution is -2.32. The van der Waals surface area contributed by atoms with Gasteiger partial charge < -0.3 is 10.2 Å². The molecule has 0 atom stereocenters. The predicted octanol–water partition coefficient (Wildman–Crippen LogP) is 5.60. The molecule has 1 amide bonds. The summed E-state index contributed by atoms with van der Waals surface area (Å²) in [7, 11) is 0. The Morgan fingerprint density at radius 3 is 2.55 bits per heavy atom. The SMILES string of the molecule is Cl.O=C(c1ccc(Nc2ncnc3cccc(F)c23)cc1Cl)N1CCCCCC1. The van der Waals surface area contributed by atoms with Crippen molar-refractivity contribution < 1.29 is 9.18 Å². The highest BCUT2D eigenvalue weighted by Gasteiger charge is 2.20. The van der Waals surface area contributed by atoms with Gasteiger partial charge in [-0.25, -0.2) is 14.4 Å². The highest BCUT2D eigenvalue weighted by atomic mass is 35.5. The van der Waals surface area contributed by atoms with E-state index in [1.807, 2.05) is 4.90 Å². The van der Waals surface area contributed by atoms with Gasteiger partial charge in [-0.1, -0.05) is 30.5 Å². The van der Waals surface area contributed by atoms with Gasteiger partial charge in [0.05, 0.1) is 21.5 Å². The molecule has 1 aliphatic rings. The molecule has 0 spiro atoms. The Kier molecular flexibility index (Phi) is 6.87. The molecule has 29 heavy (non-hydrogen) atoms. The van der Waals surface area contributed by atoms with E-state index in [4.69, 9.17) is 11.6 Å². The summed E-state index contributed by atoms with van der Waals surface area (Å²) >= 11 is 6.41. The molecule has 0 radical (unpaired) electrons. The Labute approximate surface area is 179 Å². The van der Waals surface area contributed by atoms with Crippen LogP contribution in [0.3, 0.4) is 0 Å². The highest BCUT2D eigenvalue weighted by Crippen LogP contribution is 2.28. The van der Waals surface area contributed by atoms with Crippen LogP contribution in [0, 0.1) is 5.82 Å². The number of anilines is 2. The van der Waals surface area contributed by atoms with Crippen LogP contribution in [-0.4, -0.2) is 33.9 Å². The number of carbonyl (C=O) groups is 1. The predicted molar refractivity (Wildman–Crippen MR) is 116 cm³/mol. The number of rotatable bonds is 3. The zero-order chi connectivity index (χ0) is 19.5. The van der Waals surface area contributed by atoms with Crippen molar-refractivity contribution in [3.05, 3.63) is 59.1 Å². The van der Waals surface area contributed by atoms with E-state index in [0.717, 1.165) is 38.8 Å². The Bertz CT molecular complexity index is 1020. The van der Waals surface area contributed by atoms with E-state index in [-0.39, 0.29) is 18.3 Å². The molecule has 5 nitrogen and oxygen atoms in total. The molecule has 0 unspecified atom stereocenters. The molecule has 0 bridgehead atoms. The molecule has 2 heterocycles. The number of likely N-dealkylation sites (tertiary alicyclic amines) is 1. The highest BCUT2D eigenvalue weighted by molar-refractivity contribution is 6.34. The van der Waals surface area contributed by atoms with Gasteiger partial charge in [0.15, 0.2) is 0 Å². The molecule has 0 aliphatic carbocycles. The van der Waals surface area contributed by atoms with E-state index in [1.165, 1.54) is 12.4 Å². The topological polar surface area (TPSA) is 58.1 Å². The summed E-state index contributed by atoms with van der Waals surface area (Å²) in [5.41, 5.74) is 1.62. The third-order valence-corrected chi connectivity index (χ3v) is 5.28. The van der Waals surface area contributed by atoms with Crippen molar-refractivity contribution in [1.82, 2.24) is 14.9 Å². The number of nitrogens with one attached hydrogen (secondary N) is 1. The fraction of sp³-hybridized carbons (Fsp3) is 0.286. The smallest absolute Gasteiger partial charge is 0.255 e. The molecule has 3 aromatic rings. The third-order valence-electron chi connectivity index (χ3n) is 4.97. The molecule has 1 aromatic heterocycles. The molecular formula is C21H21Cl2FN4O. The van der Waals surface area contributed by atoms with E-state index in [0.29, 0.717) is 33.0 Å². The molecular weight excluding hydrogens is 414 g/mol. The molecule has 1 aliphatic heterocycles. The Morgan fingerprint density at radius 2 is 1.83 bits per heavy atom. The van der Waals surface area contributed by atoms with Gasteiger partial charge in [-0.15, -0.1) is 12.4 Å². The van der Waals surface area contributed by atoms with Crippen LogP contribution in [0.5, 0.6) is 0 Å². The average molecular weight is 435 g/mol. The standard InChI is InChI=1S/C21H20ClFN4O.ClH/c22-16-12-14(8-9-15(16)21(28)27-10-3-1-2-4-11-27)26-20-19-17(23)6-5-7-18(19)24-13-25-20;/h5-9,12-13H,1-4,10-11H2,(H,24,25,26);1H. The van der Waals surface area contributed by atoms with Crippen LogP contribution in [-0.2, 0) is 0 Å². The lowest BCUT2D eigenvalue weighted by atomic mass is 10.1. The summed E-state index contributed by atoms with van der Waals surface area (Å²) in [6, 6.07) is 9.83. The number of aromatic nitrogens is 2. The van der Waals surface area contributed by atoms with Crippen LogP contribution < -0.4 is 5.32 Å². The first-order valence-electron chi connectivity index (χ1n) is 9.38. The van der Waals surface area contributed by atoms with Crippen LogP contribution in [0.2, 0.25) is 5.02 Å². The first-order chi connectivity index (χ1) is 13.6. The minimum atomic E-state index is -0.403. The van der Waals surface area contributed by atoms with Crippen LogP contribution >= 0.6 is 24.0 Å². The van der Waals surface area contributed by atoms with Gasteiger partial charge in [0.1, 0.15) is 18.0 Å². The van der Waals surface area contributed by atoms with Gasteiger partial charge in [-0.2, -0.15) is 0 Å². The summed E-state index contributed by atoms with van der Waals surface area (Å²) in [6.07, 6.45) is 5.74. The number of hydrogen-bond donors (Lipinski definition) is 1. The first kappa shape index (κ1) is 21.3. The molecule has 1 fully saturated rings. The number of nitrogens with zero attached hydrogens (tertiary/aromatic N) is 3. The lowest BCUT2D eigenvalue weighted by molar-refractivity contribution is 0.0762. The summed E-state index contributed by atoms with van der Waals surface area (Å²) in [4.78, 5) is 22.9. The zero-order valence-electron chi connectivity index (χ0n) is 15.7. The number of halogens is 3. The van der Waals surface area contributed by atoms with Crippen molar-refractivity contribution in [2.45, 2.75) is 25.7 Å². The Balaban J connectivity index is 0.00000240. The quantitative estimate of drug-likeness (QED) is 0.582. The monoisotopic (exact) mass is 434 g/mol. The maximum Gasteiger partial charge on any atom is 0.255 e. The Hall–Kier alpha value is -2.44. The maximum absolute atomic E-state index is 14.2. The molecule has 4 rings (SSSR count). The number of amides is 1. The summed E-state index contributed by atoms with van der Waals surface area (Å²) in [5.74, 6) is -0.0950. The second-order valence-corrected chi connectivity index (χ2v) is 7.29. The normalized spacial score (nSPS) is 14.2. The van der Waals surface area contributed by atoms with Crippen LogP contribution in [0.4, 0.5) is 15.9 Å². The molecule has 2 aromatic carbocycles. The van der Waals surface area contributed by atoms with E-state index in [2.05, 4.69) is 15.3 Å². The Morgan fingerprint density at radius 1 is 1.07 bits per heavy atom. The summed E-state index contributed by atoms with van der Waals surface area (Å²) in [5, 5.41) is 3.75. The van der Waals surface area contributed by atoms with E-state index < -0.39 is 5.82 Å². The number of hydrogen-bond acceptors (Lipinski definition) is 4. The first-order valence-corrected chi connectivity index (χ1v) is 9.76. The van der Waals surface area contributed by atoms with Gasteiger partial charge in [0.25, 0.3) is 5.91 Å². The van der Waals surface area contributed by atoms with Gasteiger partial charge in [-0.05, 0) is 43.2 Å². The van der Waals surface area contributed by atoms with E-state index in [1.54, 1.807) is 30.3 Å². The molecule has 8 heteroatoms. The zero-order valence-corrected chi connectivity index (χ0v) is 17.3. The molecule has 152 valence electrons. The van der Waals surface area contributed by atoms with Crippen LogP contribution in [0.15, 0.2) is 42.7 Å². The minimum absolute atomic E-state index is 0. The van der Waals surface area contributed by atoms with Crippen LogP contribution in [0.1, 0.15) is 36.0 Å². The minimum Gasteiger partial charge on any atom is -0.339 e. The van der Waals surface area contributed by atoms with Crippen molar-refractivity contribution in [2.75, 3.05) is 18.4 Å². The van der Waals surface area contributed by atoms with Gasteiger partial charge in [0.2, 0.25) is 0 Å². The van der Waals surface area contributed by atoms with Crippen molar-refractivity contribution in [1.29, 1.82) is 0 Å². The van der Waals surface area contributed by atoms with Crippen molar-refractivity contribution in [3.8, 4) is 0 Å². The van der Waals surface area contributed by atoms with E-state index in [9.17, 15) is 9.18 Å². The van der Waals surface area contributed by atoms with Gasteiger partial charge in [0, 0.05) is 18.8 Å². The van der Waals surface area contributed by atoms with Crippen molar-refractivity contribution in [3.63, 3.8) is 0 Å². The number of fused-ring (bicyclic) bond motifs is 1. The summed E-state index contributed by atoms with van der Waals surface area (Å²) < 4.78 is 14.2. The fourth-order valence-electron chi connectivity index (χ4n) is 3.51. The van der Waals surface area contributed by atoms with Gasteiger partial charge >= 0.3 is 0 Å². The van der Waals surface area contributed by atoms with E-state index >= 15 is 0 Å². The fourth-order valence-corrected chi connectivity index (χ4v) is 3.77. The summed E-state index contributed by atoms with van der Waals surface area (Å²) in [6.45, 7) is 1.53. The van der Waals surface area contributed by atoms with Gasteiger partial charge in [-0.3, -0.25) is 4.79 Å². The number of carbonyl (C=O) groups excluding carboxylic acids is 1. The third kappa shape index (κ3) is 4.60. The number of benzene rings is 2. The average Bonchev–Trinajstić information content (AvgIpc) is 2.97. The second kappa shape index (κ2) is 9.37. The molecule has 1 saturated heterocycles. The largest absolute Gasteiger partial charge is 0.339 e. The second-order valence-electron chi connectivity index (χ2n) is 6.88. The lowest BCUT2D eigenvalue weighted by Gasteiger charge is -2.21. The molecule has 1 N–H and O–H groups in total. The van der Waals surface area contributed by atoms with Crippen molar-refractivity contribution in [2.24, 2.45) is 0 Å². The maximum atomic E-state index is 14.2. The molecule has 0 saturated carbocycles. The van der Waals surface area contributed by atoms with Crippen LogP contribution in [0.25, 0.3) is 10.9 Å².